The van der Waals surface area contributed by atoms with Gasteiger partial charge in [0.25, 0.3) is 0 Å². The Morgan fingerprint density at radius 1 is 1.00 bits per heavy atom. The van der Waals surface area contributed by atoms with Crippen molar-refractivity contribution in [3.63, 3.8) is 0 Å². The molecule has 0 fully saturated rings. The van der Waals surface area contributed by atoms with E-state index in [2.05, 4.69) is 28.3 Å². The van der Waals surface area contributed by atoms with Crippen LogP contribution in [0.3, 0.4) is 0 Å². The number of aromatic nitrogens is 6. The molecule has 0 radical (unpaired) electrons. The van der Waals surface area contributed by atoms with Gasteiger partial charge in [-0.25, -0.2) is 19.6 Å². The van der Waals surface area contributed by atoms with Gasteiger partial charge in [-0.15, -0.1) is 0 Å². The normalized spacial score (nSPS) is 13.2. The van der Waals surface area contributed by atoms with Crippen LogP contribution in [0.1, 0.15) is 24.1 Å². The lowest BCUT2D eigenvalue weighted by Crippen LogP contribution is -2.03. The first-order valence-corrected chi connectivity index (χ1v) is 10.6. The minimum absolute atomic E-state index is 0.369. The molecular weight excluding hydrogens is 424 g/mol. The van der Waals surface area contributed by atoms with Crippen molar-refractivity contribution in [1.29, 1.82) is 0 Å². The van der Waals surface area contributed by atoms with E-state index in [1.165, 1.54) is 23.5 Å². The van der Waals surface area contributed by atoms with Crippen LogP contribution in [0.2, 0.25) is 0 Å². The highest BCUT2D eigenvalue weighted by atomic mass is 19.3. The van der Waals surface area contributed by atoms with E-state index >= 15 is 0 Å². The lowest BCUT2D eigenvalue weighted by atomic mass is 10.1. The summed E-state index contributed by atoms with van der Waals surface area (Å²) < 4.78 is 28.6. The molecule has 5 aromatic rings. The molecule has 4 heterocycles. The minimum atomic E-state index is -2.71. The Balaban J connectivity index is 1.60. The second-order valence-corrected chi connectivity index (χ2v) is 8.04. The third-order valence-electron chi connectivity index (χ3n) is 6.02. The molecule has 0 atom stereocenters. The lowest BCUT2D eigenvalue weighted by molar-refractivity contribution is 0.0566. The number of pyridine rings is 2. The summed E-state index contributed by atoms with van der Waals surface area (Å²) in [5.74, 6) is 0.995. The zero-order valence-corrected chi connectivity index (χ0v) is 17.5. The molecule has 33 heavy (non-hydrogen) atoms. The van der Waals surface area contributed by atoms with Crippen LogP contribution in [0.4, 0.5) is 14.6 Å². The van der Waals surface area contributed by atoms with Gasteiger partial charge in [0.05, 0.1) is 17.5 Å². The number of nitrogens with two attached hydrogens (primary N) is 1. The SMILES string of the molecule is Nc1ncccc1-c1nc2ccc(-c3cnn(C(F)F)c3)nc2n1-c1ccc2c(c1)CCC2. The van der Waals surface area contributed by atoms with Crippen LogP contribution in [0.25, 0.3) is 39.5 Å². The van der Waals surface area contributed by atoms with E-state index in [1.54, 1.807) is 12.3 Å². The molecule has 4 aromatic heterocycles. The van der Waals surface area contributed by atoms with Crippen molar-refractivity contribution in [3.8, 4) is 28.3 Å². The molecule has 0 saturated heterocycles. The molecule has 9 heteroatoms. The largest absolute Gasteiger partial charge is 0.383 e. The van der Waals surface area contributed by atoms with E-state index in [9.17, 15) is 8.78 Å². The average molecular weight is 443 g/mol. The quantitative estimate of drug-likeness (QED) is 0.431. The zero-order valence-electron chi connectivity index (χ0n) is 17.5. The Hall–Kier alpha value is -4.14. The Bertz CT molecular complexity index is 1500. The van der Waals surface area contributed by atoms with Gasteiger partial charge in [0.1, 0.15) is 11.3 Å². The van der Waals surface area contributed by atoms with Crippen molar-refractivity contribution in [2.45, 2.75) is 25.8 Å². The number of anilines is 1. The highest BCUT2D eigenvalue weighted by Crippen LogP contribution is 2.33. The van der Waals surface area contributed by atoms with Crippen LogP contribution in [-0.2, 0) is 12.8 Å². The molecule has 1 aliphatic rings. The van der Waals surface area contributed by atoms with E-state index in [1.807, 2.05) is 22.8 Å². The number of aryl methyl sites for hydroxylation is 2. The summed E-state index contributed by atoms with van der Waals surface area (Å²) >= 11 is 0. The predicted molar refractivity (Wildman–Crippen MR) is 121 cm³/mol. The third kappa shape index (κ3) is 3.24. The molecular formula is C24H19F2N7. The van der Waals surface area contributed by atoms with Crippen LogP contribution in [-0.4, -0.2) is 29.3 Å². The number of fused-ring (bicyclic) bond motifs is 2. The summed E-state index contributed by atoms with van der Waals surface area (Å²) in [6.45, 7) is -2.71. The Morgan fingerprint density at radius 3 is 2.70 bits per heavy atom. The van der Waals surface area contributed by atoms with E-state index in [-0.39, 0.29) is 0 Å². The molecule has 0 amide bonds. The smallest absolute Gasteiger partial charge is 0.333 e. The second-order valence-electron chi connectivity index (χ2n) is 8.04. The van der Waals surface area contributed by atoms with Gasteiger partial charge < -0.3 is 5.73 Å². The number of halogens is 2. The van der Waals surface area contributed by atoms with Crippen molar-refractivity contribution in [2.75, 3.05) is 5.73 Å². The van der Waals surface area contributed by atoms with Gasteiger partial charge in [0.15, 0.2) is 11.5 Å². The summed E-state index contributed by atoms with van der Waals surface area (Å²) in [5, 5.41) is 3.74. The number of hydrogen-bond acceptors (Lipinski definition) is 5. The molecule has 0 saturated carbocycles. The predicted octanol–water partition coefficient (Wildman–Crippen LogP) is 4.81. The van der Waals surface area contributed by atoms with Crippen molar-refractivity contribution >= 4 is 17.0 Å². The maximum absolute atomic E-state index is 13.0. The third-order valence-corrected chi connectivity index (χ3v) is 6.02. The molecule has 1 aromatic carbocycles. The van der Waals surface area contributed by atoms with Gasteiger partial charge in [0.2, 0.25) is 0 Å². The molecule has 164 valence electrons. The van der Waals surface area contributed by atoms with Crippen molar-refractivity contribution in [2.24, 2.45) is 0 Å². The maximum Gasteiger partial charge on any atom is 0.333 e. The van der Waals surface area contributed by atoms with Crippen LogP contribution < -0.4 is 5.73 Å². The molecule has 6 rings (SSSR count). The molecule has 0 spiro atoms. The van der Waals surface area contributed by atoms with Crippen molar-refractivity contribution in [1.82, 2.24) is 29.3 Å². The highest BCUT2D eigenvalue weighted by molar-refractivity contribution is 5.84. The van der Waals surface area contributed by atoms with E-state index in [0.717, 1.165) is 24.9 Å². The van der Waals surface area contributed by atoms with Gasteiger partial charge in [-0.2, -0.15) is 13.9 Å². The zero-order chi connectivity index (χ0) is 22.5. The molecule has 0 aliphatic heterocycles. The van der Waals surface area contributed by atoms with Gasteiger partial charge >= 0.3 is 6.55 Å². The van der Waals surface area contributed by atoms with Gasteiger partial charge in [-0.1, -0.05) is 6.07 Å². The van der Waals surface area contributed by atoms with Gasteiger partial charge in [-0.05, 0) is 66.8 Å². The number of benzene rings is 1. The first-order chi connectivity index (χ1) is 16.1. The fourth-order valence-corrected chi connectivity index (χ4v) is 4.42. The van der Waals surface area contributed by atoms with E-state index < -0.39 is 6.55 Å². The number of rotatable bonds is 4. The maximum atomic E-state index is 13.0. The fourth-order valence-electron chi connectivity index (χ4n) is 4.42. The van der Waals surface area contributed by atoms with Crippen LogP contribution in [0.15, 0.2) is 61.1 Å². The number of nitrogens with zero attached hydrogens (tertiary/aromatic N) is 6. The van der Waals surface area contributed by atoms with Crippen molar-refractivity contribution < 1.29 is 8.78 Å². The number of nitrogen functional groups attached to an aromatic ring is 1. The van der Waals surface area contributed by atoms with Crippen LogP contribution in [0, 0.1) is 0 Å². The Kier molecular flexibility index (Phi) is 4.42. The Labute approximate surface area is 187 Å². The summed E-state index contributed by atoms with van der Waals surface area (Å²) in [5.41, 5.74) is 12.8. The Morgan fingerprint density at radius 2 is 1.88 bits per heavy atom. The van der Waals surface area contributed by atoms with E-state index in [0.29, 0.717) is 44.3 Å². The fraction of sp³-hybridized carbons (Fsp3) is 0.167. The lowest BCUT2D eigenvalue weighted by Gasteiger charge is -2.12. The highest BCUT2D eigenvalue weighted by Gasteiger charge is 2.21. The van der Waals surface area contributed by atoms with E-state index in [4.69, 9.17) is 15.7 Å². The number of hydrogen-bond donors (Lipinski definition) is 1. The standard InChI is InChI=1S/C24H19F2N7/c25-24(26)32-13-16(12-29-32)19-8-9-20-23(30-19)33(17-7-6-14-3-1-4-15(14)11-17)22(31-20)18-5-2-10-28-21(18)27/h2,5-13,24H,1,3-4H2,(H2,27,28). The molecule has 0 unspecified atom stereocenters. The monoisotopic (exact) mass is 443 g/mol. The first kappa shape index (κ1) is 19.5. The first-order valence-electron chi connectivity index (χ1n) is 10.6. The van der Waals surface area contributed by atoms with Crippen molar-refractivity contribution in [3.05, 3.63) is 72.2 Å². The molecule has 1 aliphatic carbocycles. The number of alkyl halides is 2. The summed E-state index contributed by atoms with van der Waals surface area (Å²) in [4.78, 5) is 13.9. The summed E-state index contributed by atoms with van der Waals surface area (Å²) in [7, 11) is 0. The topological polar surface area (TPSA) is 87.4 Å². The van der Waals surface area contributed by atoms with Crippen LogP contribution >= 0.6 is 0 Å². The minimum Gasteiger partial charge on any atom is -0.383 e. The summed E-state index contributed by atoms with van der Waals surface area (Å²) in [6.07, 6.45) is 7.57. The van der Waals surface area contributed by atoms with Gasteiger partial charge in [-0.3, -0.25) is 4.57 Å². The molecule has 7 nitrogen and oxygen atoms in total. The average Bonchev–Trinajstić information content (AvgIpc) is 3.56. The number of imidazole rings is 1. The summed E-state index contributed by atoms with van der Waals surface area (Å²) in [6, 6.07) is 13.7. The molecule has 0 bridgehead atoms. The second kappa shape index (κ2) is 7.47. The molecule has 2 N–H and O–H groups in total. The van der Waals surface area contributed by atoms with Crippen LogP contribution in [0.5, 0.6) is 0 Å². The van der Waals surface area contributed by atoms with Gasteiger partial charge in [0, 0.05) is 23.6 Å².